The van der Waals surface area contributed by atoms with Gasteiger partial charge in [0.2, 0.25) is 0 Å². The maximum absolute atomic E-state index is 0. The minimum absolute atomic E-state index is 0. The van der Waals surface area contributed by atoms with Crippen LogP contribution in [0.4, 0.5) is 0 Å². The molecule has 0 nitrogen and oxygen atoms in total. The molecule has 71 valence electrons. The first kappa shape index (κ1) is 101. The third-order valence-electron chi connectivity index (χ3n) is 0. The summed E-state index contributed by atoms with van der Waals surface area (Å²) in [7, 11) is 0. The van der Waals surface area contributed by atoms with Gasteiger partial charge in [-0.25, -0.2) is 0 Å². The molecule has 0 saturated heterocycles. The molecule has 0 rings (SSSR count). The monoisotopic (exact) mass is 938 g/mol. The van der Waals surface area contributed by atoms with E-state index in [1.165, 1.54) is 0 Å². The second-order valence-electron chi connectivity index (χ2n) is 0. The molecule has 0 heterocycles. The molecule has 0 aliphatic heterocycles. The van der Waals surface area contributed by atoms with Crippen LogP contribution in [0.3, 0.4) is 0 Å². The van der Waals surface area contributed by atoms with Gasteiger partial charge in [0.15, 0.2) is 0 Å². The van der Waals surface area contributed by atoms with Crippen molar-refractivity contribution >= 4 is 0 Å². The molecular weight excluding hydrogens is 944 g/mol. The normalized spacial score (nSPS) is 0. The Balaban J connectivity index is 0. The quantitative estimate of drug-likeness (QED) is 0.227. The molecule has 0 aromatic heterocycles. The van der Waals surface area contributed by atoms with Crippen molar-refractivity contribution in [1.82, 2.24) is 0 Å². The summed E-state index contributed by atoms with van der Waals surface area (Å²) in [5.74, 6) is 0. The van der Waals surface area contributed by atoms with Crippen LogP contribution in [0.15, 0.2) is 0 Å². The maximum atomic E-state index is 0. The first-order chi connectivity index (χ1) is 0. The Morgan fingerprint density at radius 1 is 0.333 bits per heavy atom. The zero-order valence-electron chi connectivity index (χ0n) is 3.31. The van der Waals surface area contributed by atoms with Crippen LogP contribution < -0.4 is 119 Å². The van der Waals surface area contributed by atoms with Crippen molar-refractivity contribution in [3.63, 3.8) is 0 Å². The van der Waals surface area contributed by atoms with Gasteiger partial charge in [0.1, 0.15) is 0 Å². The molecule has 0 spiro atoms. The molecule has 0 aromatic rings. The predicted molar refractivity (Wildman–Crippen MR) is 0 cm³/mol. The van der Waals surface area contributed by atoms with Gasteiger partial charge in [-0.1, -0.05) is 0 Å². The Kier molecular flexibility index (Phi) is 888. The average Bonchev–Trinajstić information content (AvgIpc) is 0. The van der Waals surface area contributed by atoms with Crippen molar-refractivity contribution in [2.24, 2.45) is 0 Å². The van der Waals surface area contributed by atoms with Crippen molar-refractivity contribution in [2.75, 3.05) is 0 Å². The predicted octanol–water partition coefficient (Wildman–Crippen LogP) is -21.0. The van der Waals surface area contributed by atoms with E-state index in [0.717, 1.165) is 0 Å². The molecule has 0 aliphatic carbocycles. The molecule has 0 N–H and O–H groups in total. The molecule has 0 fully saturated rings. The summed E-state index contributed by atoms with van der Waals surface area (Å²) in [6, 6.07) is 0. The van der Waals surface area contributed by atoms with Crippen LogP contribution in [0.2, 0.25) is 0 Å². The molecule has 0 aromatic carbocycles. The van der Waals surface area contributed by atoms with Gasteiger partial charge < -0.3 is 119 Å². The molecule has 0 bridgehead atoms. The molecule has 0 atom stereocenters. The topological polar surface area (TPSA) is 0 Å². The molecule has 0 amide bonds. The third-order valence-corrected chi connectivity index (χ3v) is 0. The largest absolute Gasteiger partial charge is 3.00 e. The van der Waals surface area contributed by atoms with Crippen molar-refractivity contribution in [2.45, 2.75) is 0 Å². The van der Waals surface area contributed by atoms with Gasteiger partial charge in [-0.3, -0.25) is 0 Å². The van der Waals surface area contributed by atoms with Crippen LogP contribution >= 0.6 is 0 Å². The van der Waals surface area contributed by atoms with Crippen LogP contribution in [-0.2, 0) is 40.2 Å². The summed E-state index contributed by atoms with van der Waals surface area (Å²) in [6.07, 6.45) is 0. The van der Waals surface area contributed by atoms with Crippen LogP contribution in [0.5, 0.6) is 0 Å². The van der Waals surface area contributed by atoms with Crippen molar-refractivity contribution in [3.8, 4) is 0 Å². The number of halogens is 7. The van der Waals surface area contributed by atoms with Gasteiger partial charge >= 0.3 is 20.1 Å². The first-order valence-electron chi connectivity index (χ1n) is 0. The van der Waals surface area contributed by atoms with Crippen LogP contribution in [0.25, 0.3) is 0 Å². The first-order valence-corrected chi connectivity index (χ1v) is 0. The van der Waals surface area contributed by atoms with Crippen LogP contribution in [0, 0.1) is 0 Å². The van der Waals surface area contributed by atoms with Gasteiger partial charge in [0.25, 0.3) is 0 Å². The summed E-state index contributed by atoms with van der Waals surface area (Å²) in [4.78, 5) is 0. The number of rotatable bonds is 0. The Labute approximate surface area is 156 Å². The fraction of sp³-hybridized carbons (Fsp3) is 0. The van der Waals surface area contributed by atoms with Gasteiger partial charge in [-0.05, 0) is 0 Å². The van der Waals surface area contributed by atoms with Gasteiger partial charge in [0.05, 0.1) is 0 Å². The summed E-state index contributed by atoms with van der Waals surface area (Å²) < 4.78 is 0. The zero-order chi connectivity index (χ0) is 0. The van der Waals surface area contributed by atoms with Gasteiger partial charge in [0, 0.05) is 20.1 Å². The van der Waals surface area contributed by atoms with E-state index in [1.807, 2.05) is 0 Å². The SMILES string of the molecule is [Br-].[Br-].[Br-].[Br-].[Br-].[Br-].[Br-].[Ir+3].[Ir]. The summed E-state index contributed by atoms with van der Waals surface area (Å²) >= 11 is 0. The van der Waals surface area contributed by atoms with E-state index in [2.05, 4.69) is 0 Å². The fourth-order valence-corrected chi connectivity index (χ4v) is 0. The summed E-state index contributed by atoms with van der Waals surface area (Å²) in [5, 5.41) is 0. The Bertz CT molecular complexity index is 6.88. The molecule has 0 saturated carbocycles. The molecule has 9 heavy (non-hydrogen) atoms. The summed E-state index contributed by atoms with van der Waals surface area (Å²) in [5.41, 5.74) is 0. The average molecular weight is 944 g/mol. The minimum Gasteiger partial charge on any atom is -1.00 e. The van der Waals surface area contributed by atoms with Crippen molar-refractivity contribution < 1.29 is 159 Å². The van der Waals surface area contributed by atoms with Gasteiger partial charge in [-0.15, -0.1) is 0 Å². The molecule has 9 heteroatoms. The van der Waals surface area contributed by atoms with E-state index < -0.39 is 0 Å². The Morgan fingerprint density at radius 2 is 0.333 bits per heavy atom. The van der Waals surface area contributed by atoms with Crippen LogP contribution in [-0.4, -0.2) is 0 Å². The third kappa shape index (κ3) is 66.3. The Hall–Kier alpha value is 4.66. The molecule has 0 unspecified atom stereocenters. The van der Waals surface area contributed by atoms with E-state index in [9.17, 15) is 0 Å². The molecule has 0 aliphatic rings. The second-order valence-corrected chi connectivity index (χ2v) is 0. The van der Waals surface area contributed by atoms with E-state index in [-0.39, 0.29) is 159 Å². The fourth-order valence-electron chi connectivity index (χ4n) is 0. The smallest absolute Gasteiger partial charge is 1.00 e. The van der Waals surface area contributed by atoms with Gasteiger partial charge in [-0.2, -0.15) is 0 Å². The Morgan fingerprint density at radius 3 is 0.333 bits per heavy atom. The standard InChI is InChI=1S/7BrH.2Ir/h7*1H;;/q;;;;;;;;+3/p-7. The number of hydrogen-bond acceptors (Lipinski definition) is 0. The van der Waals surface area contributed by atoms with Crippen molar-refractivity contribution in [3.05, 3.63) is 0 Å². The minimum atomic E-state index is 0. The zero-order valence-corrected chi connectivity index (χ0v) is 19.2. The summed E-state index contributed by atoms with van der Waals surface area (Å²) in [6.45, 7) is 0. The second kappa shape index (κ2) is 79.3. The van der Waals surface area contributed by atoms with E-state index in [0.29, 0.717) is 0 Å². The molecule has 1 radical (unpaired) electrons. The van der Waals surface area contributed by atoms with E-state index >= 15 is 0 Å². The molecular formula is Br7Ir2-4. The maximum Gasteiger partial charge on any atom is 3.00 e. The van der Waals surface area contributed by atoms with Crippen molar-refractivity contribution in [1.29, 1.82) is 0 Å². The van der Waals surface area contributed by atoms with E-state index in [1.54, 1.807) is 0 Å². The number of hydrogen-bond donors (Lipinski definition) is 0. The van der Waals surface area contributed by atoms with E-state index in [4.69, 9.17) is 0 Å². The van der Waals surface area contributed by atoms with Crippen LogP contribution in [0.1, 0.15) is 0 Å².